The minimum Gasteiger partial charge on any atom is -0.497 e. The van der Waals surface area contributed by atoms with E-state index in [9.17, 15) is 14.4 Å². The Labute approximate surface area is 206 Å². The van der Waals surface area contributed by atoms with Gasteiger partial charge < -0.3 is 14.8 Å². The van der Waals surface area contributed by atoms with Gasteiger partial charge in [0.05, 0.1) is 30.3 Å². The van der Waals surface area contributed by atoms with Crippen LogP contribution in [0.25, 0.3) is 0 Å². The number of benzene rings is 1. The Hall–Kier alpha value is -3.15. The van der Waals surface area contributed by atoms with Gasteiger partial charge in [-0.05, 0) is 50.5 Å². The number of hydrogen-bond acceptors (Lipinski definition) is 6. The zero-order valence-electron chi connectivity index (χ0n) is 20.5. The highest BCUT2D eigenvalue weighted by atomic mass is 16.5. The van der Waals surface area contributed by atoms with Gasteiger partial charge in [-0.15, -0.1) is 0 Å². The molecule has 5 rings (SSSR count). The van der Waals surface area contributed by atoms with Gasteiger partial charge in [0.15, 0.2) is 11.6 Å². The fraction of sp³-hybridized carbons (Fsp3) is 0.483. The van der Waals surface area contributed by atoms with Crippen LogP contribution in [-0.4, -0.2) is 30.2 Å². The van der Waals surface area contributed by atoms with Crippen molar-refractivity contribution in [3.05, 3.63) is 70.3 Å². The summed E-state index contributed by atoms with van der Waals surface area (Å²) in [5.41, 5.74) is 3.82. The first-order valence-corrected chi connectivity index (χ1v) is 12.8. The monoisotopic (exact) mass is 475 g/mol. The third-order valence-corrected chi connectivity index (χ3v) is 7.81. The number of rotatable bonds is 5. The van der Waals surface area contributed by atoms with Crippen molar-refractivity contribution < 1.29 is 23.9 Å². The van der Waals surface area contributed by atoms with Crippen LogP contribution >= 0.6 is 0 Å². The van der Waals surface area contributed by atoms with Gasteiger partial charge in [-0.1, -0.05) is 37.3 Å². The number of ether oxygens (including phenoxy) is 2. The number of allylic oxidation sites excluding steroid dienone is 4. The highest BCUT2D eigenvalue weighted by Gasteiger charge is 2.47. The lowest BCUT2D eigenvalue weighted by molar-refractivity contribution is -0.139. The molecule has 0 radical (unpaired) electrons. The average molecular weight is 476 g/mol. The highest BCUT2D eigenvalue weighted by molar-refractivity contribution is 6.08. The van der Waals surface area contributed by atoms with Crippen molar-refractivity contribution in [3.63, 3.8) is 0 Å². The zero-order chi connectivity index (χ0) is 24.5. The van der Waals surface area contributed by atoms with E-state index in [4.69, 9.17) is 9.47 Å². The number of Topliss-reactive ketones (excluding diaryl/α,β-unsaturated/α-hetero) is 2. The van der Waals surface area contributed by atoms with Crippen LogP contribution in [0.4, 0.5) is 0 Å². The lowest BCUT2D eigenvalue weighted by Gasteiger charge is -2.40. The van der Waals surface area contributed by atoms with Crippen LogP contribution in [0, 0.1) is 17.8 Å². The molecule has 1 saturated carbocycles. The van der Waals surface area contributed by atoms with Crippen LogP contribution in [0.2, 0.25) is 0 Å². The molecule has 4 aliphatic rings. The van der Waals surface area contributed by atoms with Gasteiger partial charge in [0.2, 0.25) is 0 Å². The van der Waals surface area contributed by atoms with E-state index in [1.165, 1.54) is 6.26 Å². The Balaban J connectivity index is 1.46. The Bertz CT molecular complexity index is 1130. The first-order valence-electron chi connectivity index (χ1n) is 12.8. The third-order valence-electron chi connectivity index (χ3n) is 7.81. The molecular formula is C29H33NO5. The van der Waals surface area contributed by atoms with E-state index < -0.39 is 11.9 Å². The van der Waals surface area contributed by atoms with Crippen LogP contribution in [0.3, 0.4) is 0 Å². The predicted molar refractivity (Wildman–Crippen MR) is 131 cm³/mol. The maximum Gasteiger partial charge on any atom is 0.336 e. The van der Waals surface area contributed by atoms with E-state index in [0.29, 0.717) is 41.2 Å². The van der Waals surface area contributed by atoms with Crippen molar-refractivity contribution in [2.75, 3.05) is 6.61 Å². The van der Waals surface area contributed by atoms with Gasteiger partial charge in [-0.3, -0.25) is 9.59 Å². The molecule has 35 heavy (non-hydrogen) atoms. The first-order chi connectivity index (χ1) is 16.9. The van der Waals surface area contributed by atoms with Gasteiger partial charge in [0.25, 0.3) is 0 Å². The molecule has 0 bridgehead atoms. The Kier molecular flexibility index (Phi) is 6.63. The molecule has 6 nitrogen and oxygen atoms in total. The molecule has 0 saturated heterocycles. The van der Waals surface area contributed by atoms with Crippen molar-refractivity contribution in [3.8, 4) is 0 Å². The molecule has 184 valence electrons. The van der Waals surface area contributed by atoms with Gasteiger partial charge in [0.1, 0.15) is 6.10 Å². The van der Waals surface area contributed by atoms with Gasteiger partial charge in [-0.25, -0.2) is 4.79 Å². The number of ketones is 2. The molecule has 1 aromatic rings. The summed E-state index contributed by atoms with van der Waals surface area (Å²) in [7, 11) is 0. The van der Waals surface area contributed by atoms with E-state index in [1.54, 1.807) is 0 Å². The summed E-state index contributed by atoms with van der Waals surface area (Å²) in [6, 6.07) is 9.84. The van der Waals surface area contributed by atoms with Crippen LogP contribution in [0.5, 0.6) is 0 Å². The summed E-state index contributed by atoms with van der Waals surface area (Å²) in [5.74, 6) is -1.03. The number of fused-ring (bicyclic) bond motifs is 1. The smallest absolute Gasteiger partial charge is 0.336 e. The first kappa shape index (κ1) is 23.6. The van der Waals surface area contributed by atoms with Crippen LogP contribution < -0.4 is 5.32 Å². The molecule has 4 unspecified atom stereocenters. The molecule has 2 heterocycles. The largest absolute Gasteiger partial charge is 0.497 e. The zero-order valence-corrected chi connectivity index (χ0v) is 20.5. The normalized spacial score (nSPS) is 28.5. The van der Waals surface area contributed by atoms with Crippen molar-refractivity contribution in [2.45, 2.75) is 64.9 Å². The van der Waals surface area contributed by atoms with E-state index in [0.717, 1.165) is 43.4 Å². The van der Waals surface area contributed by atoms with Crippen LogP contribution in [-0.2, 0) is 30.3 Å². The Morgan fingerprint density at radius 3 is 2.74 bits per heavy atom. The standard InChI is InChI=1S/C29H33NO5/c1-17-11-12-24-20(15-17)28(32)21(16-35-24)26-25(18(2)30-22-9-6-10-23(31)27(22)26)29(33)34-14-13-19-7-4-3-5-8-19/h3-5,7-8,16-17,20,24,26,30H,6,9-15H2,1-2H3. The molecule has 2 aliphatic carbocycles. The average Bonchev–Trinajstić information content (AvgIpc) is 2.85. The number of dihydropyridines is 1. The molecule has 1 fully saturated rings. The second-order valence-electron chi connectivity index (χ2n) is 10.3. The number of carbonyl (C=O) groups is 3. The topological polar surface area (TPSA) is 81.7 Å². The summed E-state index contributed by atoms with van der Waals surface area (Å²) in [4.78, 5) is 40.4. The van der Waals surface area contributed by atoms with Gasteiger partial charge in [0, 0.05) is 35.4 Å². The highest BCUT2D eigenvalue weighted by Crippen LogP contribution is 2.45. The van der Waals surface area contributed by atoms with E-state index in [-0.39, 0.29) is 30.2 Å². The molecule has 0 aromatic heterocycles. The second-order valence-corrected chi connectivity index (χ2v) is 10.3. The number of carbonyl (C=O) groups excluding carboxylic acids is 3. The summed E-state index contributed by atoms with van der Waals surface area (Å²) >= 11 is 0. The van der Waals surface area contributed by atoms with Crippen molar-refractivity contribution in [1.82, 2.24) is 5.32 Å². The quantitative estimate of drug-likeness (QED) is 0.629. The Morgan fingerprint density at radius 1 is 1.14 bits per heavy atom. The summed E-state index contributed by atoms with van der Waals surface area (Å²) in [5, 5.41) is 3.29. The molecule has 1 aromatic carbocycles. The third kappa shape index (κ3) is 4.58. The fourth-order valence-electron chi connectivity index (χ4n) is 5.98. The molecule has 6 heteroatoms. The summed E-state index contributed by atoms with van der Waals surface area (Å²) in [6.45, 7) is 4.21. The minimum atomic E-state index is -0.742. The summed E-state index contributed by atoms with van der Waals surface area (Å²) in [6.07, 6.45) is 6.56. The molecule has 1 N–H and O–H groups in total. The number of hydrogen-bond donors (Lipinski definition) is 1. The van der Waals surface area contributed by atoms with Crippen molar-refractivity contribution in [2.24, 2.45) is 17.8 Å². The number of nitrogens with one attached hydrogen (secondary N) is 1. The van der Waals surface area contributed by atoms with Gasteiger partial charge in [-0.2, -0.15) is 0 Å². The van der Waals surface area contributed by atoms with Crippen LogP contribution in [0.15, 0.2) is 64.7 Å². The van der Waals surface area contributed by atoms with E-state index in [1.807, 2.05) is 37.3 Å². The number of esters is 1. The molecule has 0 spiro atoms. The van der Waals surface area contributed by atoms with Crippen molar-refractivity contribution >= 4 is 17.5 Å². The molecule has 4 atom stereocenters. The molecular weight excluding hydrogens is 442 g/mol. The lowest BCUT2D eigenvalue weighted by Crippen LogP contribution is -2.44. The lowest BCUT2D eigenvalue weighted by atomic mass is 9.69. The van der Waals surface area contributed by atoms with E-state index in [2.05, 4.69) is 12.2 Å². The fourth-order valence-corrected chi connectivity index (χ4v) is 5.98. The SMILES string of the molecule is CC1=C(C(=O)OCCc2ccccc2)C(C2=COC3CCC(C)CC3C2=O)C2=C(CCCC2=O)N1. The molecule has 2 aliphatic heterocycles. The second kappa shape index (κ2) is 9.84. The summed E-state index contributed by atoms with van der Waals surface area (Å²) < 4.78 is 11.8. The maximum absolute atomic E-state index is 13.8. The maximum atomic E-state index is 13.8. The van der Waals surface area contributed by atoms with Gasteiger partial charge >= 0.3 is 5.97 Å². The van der Waals surface area contributed by atoms with E-state index >= 15 is 0 Å². The van der Waals surface area contributed by atoms with Crippen LogP contribution in [0.1, 0.15) is 57.9 Å². The Morgan fingerprint density at radius 2 is 1.94 bits per heavy atom. The predicted octanol–water partition coefficient (Wildman–Crippen LogP) is 4.56. The van der Waals surface area contributed by atoms with Crippen molar-refractivity contribution in [1.29, 1.82) is 0 Å². The minimum absolute atomic E-state index is 0.00677. The molecule has 0 amide bonds.